The Morgan fingerprint density at radius 1 is 1.60 bits per heavy atom. The van der Waals surface area contributed by atoms with Crippen LogP contribution in [0.4, 0.5) is 0 Å². The molecule has 0 spiro atoms. The molecule has 1 unspecified atom stereocenters. The predicted molar refractivity (Wildman–Crippen MR) is 41.9 cm³/mol. The fourth-order valence-electron chi connectivity index (χ4n) is 1.46. The van der Waals surface area contributed by atoms with Crippen molar-refractivity contribution in [3.05, 3.63) is 0 Å². The first-order valence-corrected chi connectivity index (χ1v) is 4.02. The lowest BCUT2D eigenvalue weighted by molar-refractivity contribution is 0.0802. The van der Waals surface area contributed by atoms with Crippen LogP contribution < -0.4 is 5.32 Å². The van der Waals surface area contributed by atoms with E-state index in [9.17, 15) is 0 Å². The van der Waals surface area contributed by atoms with Gasteiger partial charge in [0.15, 0.2) is 0 Å². The van der Waals surface area contributed by atoms with Gasteiger partial charge in [-0.3, -0.25) is 0 Å². The van der Waals surface area contributed by atoms with Gasteiger partial charge in [0, 0.05) is 5.54 Å². The van der Waals surface area contributed by atoms with Crippen molar-refractivity contribution in [1.82, 2.24) is 5.32 Å². The van der Waals surface area contributed by atoms with Crippen LogP contribution in [0.25, 0.3) is 0 Å². The molecule has 1 rings (SSSR count). The zero-order valence-electron chi connectivity index (χ0n) is 6.85. The molecule has 1 saturated carbocycles. The first-order chi connectivity index (χ1) is 4.73. The van der Waals surface area contributed by atoms with Crippen LogP contribution in [0.2, 0.25) is 0 Å². The zero-order chi connectivity index (χ0) is 7.61. The smallest absolute Gasteiger partial charge is 0.0613 e. The molecule has 0 aromatic heterocycles. The summed E-state index contributed by atoms with van der Waals surface area (Å²) in [5.74, 6) is 0.697. The van der Waals surface area contributed by atoms with Gasteiger partial charge in [0.05, 0.1) is 6.61 Å². The Kier molecular flexibility index (Phi) is 2.32. The number of hydrogen-bond acceptors (Lipinski definition) is 2. The molecule has 0 saturated heterocycles. The summed E-state index contributed by atoms with van der Waals surface area (Å²) in [5.41, 5.74) is -0.0156. The Labute approximate surface area is 62.6 Å². The largest absolute Gasteiger partial charge is 0.394 e. The lowest BCUT2D eigenvalue weighted by atomic mass is 9.72. The standard InChI is InChI=1S/C8H17NO/c1-8(6-10,9-2)7-4-3-5-7/h7,9-10H,3-6H2,1-2H3. The molecule has 0 aliphatic heterocycles. The fraction of sp³-hybridized carbons (Fsp3) is 1.00. The van der Waals surface area contributed by atoms with E-state index in [1.165, 1.54) is 19.3 Å². The fourth-order valence-corrected chi connectivity index (χ4v) is 1.46. The molecular weight excluding hydrogens is 126 g/mol. The van der Waals surface area contributed by atoms with Crippen LogP contribution in [-0.4, -0.2) is 24.3 Å². The number of likely N-dealkylation sites (N-methyl/N-ethyl adjacent to an activating group) is 1. The van der Waals surface area contributed by atoms with Crippen molar-refractivity contribution >= 4 is 0 Å². The van der Waals surface area contributed by atoms with E-state index in [0.29, 0.717) is 5.92 Å². The third kappa shape index (κ3) is 1.18. The molecule has 0 aromatic rings. The van der Waals surface area contributed by atoms with E-state index >= 15 is 0 Å². The summed E-state index contributed by atoms with van der Waals surface area (Å²) in [4.78, 5) is 0. The summed E-state index contributed by atoms with van der Waals surface area (Å²) < 4.78 is 0. The van der Waals surface area contributed by atoms with Gasteiger partial charge < -0.3 is 10.4 Å². The molecule has 0 heterocycles. The highest BCUT2D eigenvalue weighted by Crippen LogP contribution is 2.35. The van der Waals surface area contributed by atoms with Gasteiger partial charge in [0.1, 0.15) is 0 Å². The molecule has 0 aromatic carbocycles. The van der Waals surface area contributed by atoms with Gasteiger partial charge >= 0.3 is 0 Å². The normalized spacial score (nSPS) is 25.5. The number of rotatable bonds is 3. The van der Waals surface area contributed by atoms with Gasteiger partial charge in [-0.15, -0.1) is 0 Å². The number of aliphatic hydroxyl groups is 1. The van der Waals surface area contributed by atoms with Crippen LogP contribution in [0, 0.1) is 5.92 Å². The van der Waals surface area contributed by atoms with Crippen molar-refractivity contribution in [3.63, 3.8) is 0 Å². The highest BCUT2D eigenvalue weighted by Gasteiger charge is 2.35. The number of aliphatic hydroxyl groups excluding tert-OH is 1. The van der Waals surface area contributed by atoms with Gasteiger partial charge in [-0.2, -0.15) is 0 Å². The minimum Gasteiger partial charge on any atom is -0.394 e. The minimum atomic E-state index is -0.0156. The molecule has 1 aliphatic carbocycles. The molecule has 0 amide bonds. The Morgan fingerprint density at radius 2 is 2.20 bits per heavy atom. The summed E-state index contributed by atoms with van der Waals surface area (Å²) in [6.45, 7) is 2.35. The van der Waals surface area contributed by atoms with Crippen LogP contribution in [0.15, 0.2) is 0 Å². The molecule has 2 nitrogen and oxygen atoms in total. The Balaban J connectivity index is 2.44. The van der Waals surface area contributed by atoms with E-state index in [1.54, 1.807) is 0 Å². The maximum absolute atomic E-state index is 9.06. The maximum Gasteiger partial charge on any atom is 0.0613 e. The van der Waals surface area contributed by atoms with Gasteiger partial charge in [0.2, 0.25) is 0 Å². The average Bonchev–Trinajstić information content (AvgIpc) is 1.84. The number of hydrogen-bond donors (Lipinski definition) is 2. The second-order valence-corrected chi connectivity index (χ2v) is 3.45. The highest BCUT2D eigenvalue weighted by atomic mass is 16.3. The topological polar surface area (TPSA) is 32.3 Å². The van der Waals surface area contributed by atoms with Crippen LogP contribution in [0.3, 0.4) is 0 Å². The molecule has 0 radical (unpaired) electrons. The van der Waals surface area contributed by atoms with E-state index in [-0.39, 0.29) is 12.1 Å². The average molecular weight is 143 g/mol. The van der Waals surface area contributed by atoms with Gasteiger partial charge in [0.25, 0.3) is 0 Å². The van der Waals surface area contributed by atoms with Crippen LogP contribution in [0.1, 0.15) is 26.2 Å². The van der Waals surface area contributed by atoms with E-state index in [4.69, 9.17) is 5.11 Å². The minimum absolute atomic E-state index is 0.0156. The highest BCUT2D eigenvalue weighted by molar-refractivity contribution is 4.92. The monoisotopic (exact) mass is 143 g/mol. The second-order valence-electron chi connectivity index (χ2n) is 3.45. The maximum atomic E-state index is 9.06. The lowest BCUT2D eigenvalue weighted by Gasteiger charge is -2.41. The summed E-state index contributed by atoms with van der Waals surface area (Å²) in [7, 11) is 1.93. The Hall–Kier alpha value is -0.0800. The van der Waals surface area contributed by atoms with Crippen LogP contribution >= 0.6 is 0 Å². The second kappa shape index (κ2) is 2.89. The van der Waals surface area contributed by atoms with Gasteiger partial charge in [-0.1, -0.05) is 6.42 Å². The molecule has 2 N–H and O–H groups in total. The van der Waals surface area contributed by atoms with Crippen molar-refractivity contribution < 1.29 is 5.11 Å². The molecule has 1 aliphatic rings. The summed E-state index contributed by atoms with van der Waals surface area (Å²) in [6, 6.07) is 0. The van der Waals surface area contributed by atoms with Gasteiger partial charge in [-0.05, 0) is 32.7 Å². The van der Waals surface area contributed by atoms with Crippen molar-refractivity contribution in [2.45, 2.75) is 31.7 Å². The molecule has 60 valence electrons. The summed E-state index contributed by atoms with van der Waals surface area (Å²) in [5, 5.41) is 12.2. The number of nitrogens with one attached hydrogen (secondary N) is 1. The SMILES string of the molecule is CNC(C)(CO)C1CCC1. The van der Waals surface area contributed by atoms with Crippen molar-refractivity contribution in [2.24, 2.45) is 5.92 Å². The molecule has 0 bridgehead atoms. The molecule has 1 atom stereocenters. The lowest BCUT2D eigenvalue weighted by Crippen LogP contribution is -2.52. The summed E-state index contributed by atoms with van der Waals surface area (Å²) in [6.07, 6.45) is 3.89. The first kappa shape index (κ1) is 8.02. The van der Waals surface area contributed by atoms with Crippen molar-refractivity contribution in [3.8, 4) is 0 Å². The quantitative estimate of drug-likeness (QED) is 0.611. The van der Waals surface area contributed by atoms with Crippen LogP contribution in [0.5, 0.6) is 0 Å². The third-order valence-corrected chi connectivity index (χ3v) is 2.91. The van der Waals surface area contributed by atoms with E-state index in [0.717, 1.165) is 0 Å². The Morgan fingerprint density at radius 3 is 2.30 bits per heavy atom. The predicted octanol–water partition coefficient (Wildman–Crippen LogP) is 0.757. The zero-order valence-corrected chi connectivity index (χ0v) is 6.85. The van der Waals surface area contributed by atoms with E-state index in [1.807, 2.05) is 7.05 Å². The Bertz CT molecular complexity index is 106. The molecular formula is C8H17NO. The molecule has 1 fully saturated rings. The van der Waals surface area contributed by atoms with Gasteiger partial charge in [-0.25, -0.2) is 0 Å². The first-order valence-electron chi connectivity index (χ1n) is 4.02. The van der Waals surface area contributed by atoms with E-state index in [2.05, 4.69) is 12.2 Å². The summed E-state index contributed by atoms with van der Waals surface area (Å²) >= 11 is 0. The molecule has 2 heteroatoms. The van der Waals surface area contributed by atoms with E-state index < -0.39 is 0 Å². The van der Waals surface area contributed by atoms with Crippen LogP contribution in [-0.2, 0) is 0 Å². The van der Waals surface area contributed by atoms with Crippen molar-refractivity contribution in [1.29, 1.82) is 0 Å². The third-order valence-electron chi connectivity index (χ3n) is 2.91. The van der Waals surface area contributed by atoms with Crippen molar-refractivity contribution in [2.75, 3.05) is 13.7 Å². The molecule has 10 heavy (non-hydrogen) atoms.